The van der Waals surface area contributed by atoms with Crippen molar-refractivity contribution in [2.75, 3.05) is 24.5 Å². The van der Waals surface area contributed by atoms with Crippen molar-refractivity contribution in [1.29, 1.82) is 0 Å². The third kappa shape index (κ3) is 4.24. The molecule has 0 bridgehead atoms. The molecular formula is C23H28ClN3O3. The van der Waals surface area contributed by atoms with Crippen molar-refractivity contribution >= 4 is 35.0 Å². The fourth-order valence-corrected chi connectivity index (χ4v) is 5.07. The van der Waals surface area contributed by atoms with Gasteiger partial charge in [0.1, 0.15) is 6.54 Å². The average Bonchev–Trinajstić information content (AvgIpc) is 2.97. The Kier molecular flexibility index (Phi) is 6.14. The van der Waals surface area contributed by atoms with Gasteiger partial charge in [0.25, 0.3) is 0 Å². The Morgan fingerprint density at radius 2 is 1.87 bits per heavy atom. The molecule has 0 aromatic heterocycles. The van der Waals surface area contributed by atoms with E-state index in [1.165, 1.54) is 12.8 Å². The molecule has 4 rings (SSSR count). The van der Waals surface area contributed by atoms with Crippen LogP contribution in [-0.2, 0) is 20.9 Å². The number of nitrogens with one attached hydrogen (secondary N) is 1. The number of imide groups is 1. The predicted octanol–water partition coefficient (Wildman–Crippen LogP) is 3.14. The van der Waals surface area contributed by atoms with E-state index in [4.69, 9.17) is 11.6 Å². The standard InChI is InChI=1S/C23H28ClN3O3/c1-15-5-4-10-26(13-15)20-9-8-16(11-19(20)24)12-25-21(28)14-27-22(29)17-6-2-3-7-18(17)23(27)30/h2-3,8-9,11,15,17-18H,4-7,10,12-14H2,1H3,(H,25,28)/t15-,17-,18+/m1/s1. The molecule has 1 N–H and O–H groups in total. The molecule has 160 valence electrons. The van der Waals surface area contributed by atoms with Gasteiger partial charge in [-0.25, -0.2) is 0 Å². The van der Waals surface area contributed by atoms with Gasteiger partial charge in [-0.05, 0) is 49.3 Å². The van der Waals surface area contributed by atoms with Crippen LogP contribution in [0.3, 0.4) is 0 Å². The third-order valence-corrected chi connectivity index (χ3v) is 6.70. The lowest BCUT2D eigenvalue weighted by molar-refractivity contribution is -0.143. The molecule has 30 heavy (non-hydrogen) atoms. The molecule has 1 aromatic carbocycles. The first-order valence-corrected chi connectivity index (χ1v) is 11.1. The number of fused-ring (bicyclic) bond motifs is 1. The highest BCUT2D eigenvalue weighted by Gasteiger charge is 2.47. The third-order valence-electron chi connectivity index (χ3n) is 6.40. The van der Waals surface area contributed by atoms with E-state index in [9.17, 15) is 14.4 Å². The van der Waals surface area contributed by atoms with Crippen LogP contribution in [0.4, 0.5) is 5.69 Å². The molecule has 3 atom stereocenters. The Morgan fingerprint density at radius 3 is 2.50 bits per heavy atom. The van der Waals surface area contributed by atoms with Crippen LogP contribution in [0.1, 0.15) is 38.2 Å². The topological polar surface area (TPSA) is 69.7 Å². The van der Waals surface area contributed by atoms with E-state index >= 15 is 0 Å². The van der Waals surface area contributed by atoms with Gasteiger partial charge in [0.15, 0.2) is 0 Å². The normalized spacial score (nSPS) is 26.1. The fourth-order valence-electron chi connectivity index (χ4n) is 4.75. The van der Waals surface area contributed by atoms with Gasteiger partial charge in [0.05, 0.1) is 22.5 Å². The van der Waals surface area contributed by atoms with Crippen LogP contribution < -0.4 is 10.2 Å². The second kappa shape index (κ2) is 8.80. The Hall–Kier alpha value is -2.34. The molecule has 7 heteroatoms. The van der Waals surface area contributed by atoms with Crippen molar-refractivity contribution in [2.45, 2.75) is 39.2 Å². The van der Waals surface area contributed by atoms with Gasteiger partial charge in [-0.15, -0.1) is 0 Å². The minimum absolute atomic E-state index is 0.220. The average molecular weight is 430 g/mol. The van der Waals surface area contributed by atoms with Gasteiger partial charge >= 0.3 is 0 Å². The second-order valence-electron chi connectivity index (χ2n) is 8.67. The number of piperidine rings is 1. The molecule has 0 radical (unpaired) electrons. The summed E-state index contributed by atoms with van der Waals surface area (Å²) in [6, 6.07) is 5.85. The molecule has 0 unspecified atom stereocenters. The second-order valence-corrected chi connectivity index (χ2v) is 9.08. The van der Waals surface area contributed by atoms with Crippen molar-refractivity contribution in [3.63, 3.8) is 0 Å². The first-order chi connectivity index (χ1) is 14.4. The summed E-state index contributed by atoms with van der Waals surface area (Å²) in [6.07, 6.45) is 7.45. The highest BCUT2D eigenvalue weighted by atomic mass is 35.5. The lowest BCUT2D eigenvalue weighted by atomic mass is 9.85. The quantitative estimate of drug-likeness (QED) is 0.576. The molecule has 3 amide bonds. The monoisotopic (exact) mass is 429 g/mol. The van der Waals surface area contributed by atoms with E-state index in [1.807, 2.05) is 30.4 Å². The van der Waals surface area contributed by atoms with Gasteiger partial charge < -0.3 is 10.2 Å². The lowest BCUT2D eigenvalue weighted by Crippen LogP contribution is -2.40. The summed E-state index contributed by atoms with van der Waals surface area (Å²) in [6.45, 7) is 4.36. The van der Waals surface area contributed by atoms with Crippen molar-refractivity contribution in [2.24, 2.45) is 17.8 Å². The Bertz CT molecular complexity index is 858. The number of amides is 3. The summed E-state index contributed by atoms with van der Waals surface area (Å²) >= 11 is 6.51. The van der Waals surface area contributed by atoms with Crippen LogP contribution in [-0.4, -0.2) is 42.3 Å². The maximum absolute atomic E-state index is 12.5. The first kappa shape index (κ1) is 20.9. The van der Waals surface area contributed by atoms with E-state index < -0.39 is 0 Å². The summed E-state index contributed by atoms with van der Waals surface area (Å²) in [4.78, 5) is 40.8. The zero-order valence-electron chi connectivity index (χ0n) is 17.3. The number of nitrogens with zero attached hydrogens (tertiary/aromatic N) is 2. The van der Waals surface area contributed by atoms with Crippen molar-refractivity contribution in [3.05, 3.63) is 40.9 Å². The summed E-state index contributed by atoms with van der Waals surface area (Å²) < 4.78 is 0. The molecule has 6 nitrogen and oxygen atoms in total. The summed E-state index contributed by atoms with van der Waals surface area (Å²) in [5.41, 5.74) is 1.92. The van der Waals surface area contributed by atoms with Crippen LogP contribution in [0.15, 0.2) is 30.4 Å². The number of likely N-dealkylation sites (tertiary alicyclic amines) is 1. The molecule has 3 aliphatic rings. The number of hydrogen-bond donors (Lipinski definition) is 1. The van der Waals surface area contributed by atoms with Crippen LogP contribution in [0.25, 0.3) is 0 Å². The summed E-state index contributed by atoms with van der Waals surface area (Å²) in [5.74, 6) is -0.753. The molecule has 1 aromatic rings. The Morgan fingerprint density at radius 1 is 1.17 bits per heavy atom. The molecule has 2 fully saturated rings. The van der Waals surface area contributed by atoms with E-state index in [2.05, 4.69) is 17.1 Å². The van der Waals surface area contributed by atoms with Gasteiger partial charge in [-0.1, -0.05) is 36.7 Å². The van der Waals surface area contributed by atoms with Gasteiger partial charge in [0.2, 0.25) is 17.7 Å². The van der Waals surface area contributed by atoms with Crippen LogP contribution in [0.2, 0.25) is 5.02 Å². The molecule has 2 heterocycles. The lowest BCUT2D eigenvalue weighted by Gasteiger charge is -2.33. The van der Waals surface area contributed by atoms with E-state index in [1.54, 1.807) is 0 Å². The number of hydrogen-bond acceptors (Lipinski definition) is 4. The molecular weight excluding hydrogens is 402 g/mol. The zero-order valence-corrected chi connectivity index (χ0v) is 18.0. The molecule has 2 saturated heterocycles. The number of carbonyl (C=O) groups excluding carboxylic acids is 3. The van der Waals surface area contributed by atoms with Crippen LogP contribution >= 0.6 is 11.6 Å². The molecule has 0 spiro atoms. The summed E-state index contributed by atoms with van der Waals surface area (Å²) in [7, 11) is 0. The van der Waals surface area contributed by atoms with Crippen molar-refractivity contribution in [1.82, 2.24) is 10.2 Å². The number of rotatable bonds is 5. The molecule has 0 saturated carbocycles. The van der Waals surface area contributed by atoms with Gasteiger partial charge in [0, 0.05) is 19.6 Å². The van der Waals surface area contributed by atoms with Gasteiger partial charge in [-0.3, -0.25) is 19.3 Å². The Labute approximate surface area is 182 Å². The number of allylic oxidation sites excluding steroid dienone is 2. The number of carbonyl (C=O) groups is 3. The van der Waals surface area contributed by atoms with Crippen molar-refractivity contribution in [3.8, 4) is 0 Å². The minimum Gasteiger partial charge on any atom is -0.370 e. The molecule has 2 aliphatic heterocycles. The predicted molar refractivity (Wildman–Crippen MR) is 116 cm³/mol. The fraction of sp³-hybridized carbons (Fsp3) is 0.522. The number of anilines is 1. The van der Waals surface area contributed by atoms with E-state index in [0.717, 1.165) is 29.2 Å². The van der Waals surface area contributed by atoms with Crippen molar-refractivity contribution < 1.29 is 14.4 Å². The van der Waals surface area contributed by atoms with Gasteiger partial charge in [-0.2, -0.15) is 0 Å². The van der Waals surface area contributed by atoms with E-state index in [-0.39, 0.29) is 36.1 Å². The van der Waals surface area contributed by atoms with E-state index in [0.29, 0.717) is 30.3 Å². The Balaban J connectivity index is 1.32. The zero-order chi connectivity index (χ0) is 21.3. The number of halogens is 1. The largest absolute Gasteiger partial charge is 0.370 e. The van der Waals surface area contributed by atoms with Crippen LogP contribution in [0.5, 0.6) is 0 Å². The smallest absolute Gasteiger partial charge is 0.240 e. The SMILES string of the molecule is C[C@@H]1CCCN(c2ccc(CNC(=O)CN3C(=O)[C@H]4CC=CC[C@H]4C3=O)cc2Cl)C1. The highest BCUT2D eigenvalue weighted by molar-refractivity contribution is 6.33. The maximum atomic E-state index is 12.5. The first-order valence-electron chi connectivity index (χ1n) is 10.7. The minimum atomic E-state index is -0.339. The summed E-state index contributed by atoms with van der Waals surface area (Å²) in [5, 5.41) is 3.49. The highest BCUT2D eigenvalue weighted by Crippen LogP contribution is 2.35. The maximum Gasteiger partial charge on any atom is 0.240 e. The molecule has 1 aliphatic carbocycles. The van der Waals surface area contributed by atoms with Crippen LogP contribution in [0, 0.1) is 17.8 Å². The number of benzene rings is 1.